The molecule has 0 spiro atoms. The van der Waals surface area contributed by atoms with Gasteiger partial charge in [-0.15, -0.1) is 11.3 Å². The maximum absolute atomic E-state index is 9.36. The van der Waals surface area contributed by atoms with Gasteiger partial charge in [0.2, 0.25) is 0 Å². The van der Waals surface area contributed by atoms with Gasteiger partial charge >= 0.3 is 0 Å². The van der Waals surface area contributed by atoms with E-state index in [1.54, 1.807) is 10.9 Å². The van der Waals surface area contributed by atoms with E-state index in [0.717, 1.165) is 10.2 Å². The van der Waals surface area contributed by atoms with E-state index in [1.165, 1.54) is 11.3 Å². The molecule has 0 unspecified atom stereocenters. The van der Waals surface area contributed by atoms with E-state index >= 15 is 0 Å². The monoisotopic (exact) mass is 168 g/mol. The highest BCUT2D eigenvalue weighted by Gasteiger charge is 2.06. The van der Waals surface area contributed by atoms with Gasteiger partial charge in [0.1, 0.15) is 0 Å². The highest BCUT2D eigenvalue weighted by atomic mass is 32.1. The van der Waals surface area contributed by atoms with Gasteiger partial charge in [0, 0.05) is 7.05 Å². The van der Waals surface area contributed by atoms with Crippen molar-refractivity contribution in [3.05, 3.63) is 17.6 Å². The van der Waals surface area contributed by atoms with Crippen LogP contribution in [0.4, 0.5) is 0 Å². The SMILES string of the molecule is CNn1cc(O)c2sccc21. The van der Waals surface area contributed by atoms with Crippen LogP contribution in [0.25, 0.3) is 10.2 Å². The summed E-state index contributed by atoms with van der Waals surface area (Å²) in [6.45, 7) is 0. The lowest BCUT2D eigenvalue weighted by atomic mass is 10.5. The van der Waals surface area contributed by atoms with E-state index in [-0.39, 0.29) is 0 Å². The molecule has 0 aliphatic rings. The summed E-state index contributed by atoms with van der Waals surface area (Å²) < 4.78 is 2.72. The van der Waals surface area contributed by atoms with Gasteiger partial charge in [-0.3, -0.25) is 4.68 Å². The lowest BCUT2D eigenvalue weighted by molar-refractivity contribution is 0.480. The summed E-state index contributed by atoms with van der Waals surface area (Å²) in [5, 5.41) is 11.3. The van der Waals surface area contributed by atoms with Crippen molar-refractivity contribution >= 4 is 21.6 Å². The molecule has 0 bridgehead atoms. The summed E-state index contributed by atoms with van der Waals surface area (Å²) in [5.74, 6) is 0.337. The third kappa shape index (κ3) is 0.793. The fraction of sp³-hybridized carbons (Fsp3) is 0.143. The molecule has 0 radical (unpaired) electrons. The molecule has 0 aliphatic carbocycles. The van der Waals surface area contributed by atoms with Crippen LogP contribution in [0.15, 0.2) is 17.6 Å². The minimum absolute atomic E-state index is 0.337. The molecule has 0 amide bonds. The van der Waals surface area contributed by atoms with Crippen molar-refractivity contribution in [1.82, 2.24) is 4.68 Å². The molecular weight excluding hydrogens is 160 g/mol. The van der Waals surface area contributed by atoms with Crippen molar-refractivity contribution in [2.24, 2.45) is 0 Å². The van der Waals surface area contributed by atoms with E-state index in [1.807, 2.05) is 18.5 Å². The summed E-state index contributed by atoms with van der Waals surface area (Å²) in [5.41, 5.74) is 3.96. The molecule has 11 heavy (non-hydrogen) atoms. The van der Waals surface area contributed by atoms with Gasteiger partial charge in [0.05, 0.1) is 16.4 Å². The minimum atomic E-state index is 0.337. The van der Waals surface area contributed by atoms with E-state index in [2.05, 4.69) is 5.43 Å². The normalized spacial score (nSPS) is 10.6. The van der Waals surface area contributed by atoms with E-state index in [0.29, 0.717) is 5.75 Å². The van der Waals surface area contributed by atoms with Crippen molar-refractivity contribution in [3.8, 4) is 5.75 Å². The molecule has 0 saturated heterocycles. The molecule has 2 aromatic heterocycles. The number of aromatic nitrogens is 1. The zero-order chi connectivity index (χ0) is 7.84. The zero-order valence-electron chi connectivity index (χ0n) is 6.03. The van der Waals surface area contributed by atoms with Crippen molar-refractivity contribution < 1.29 is 5.11 Å². The Hall–Kier alpha value is -1.16. The Morgan fingerprint density at radius 1 is 1.64 bits per heavy atom. The number of nitrogens with one attached hydrogen (secondary N) is 1. The van der Waals surface area contributed by atoms with Gasteiger partial charge in [-0.1, -0.05) is 0 Å². The Bertz CT molecular complexity index is 377. The van der Waals surface area contributed by atoms with Gasteiger partial charge in [0.25, 0.3) is 0 Å². The summed E-state index contributed by atoms with van der Waals surface area (Å²) >= 11 is 1.54. The first kappa shape index (κ1) is 6.54. The second-order valence-electron chi connectivity index (χ2n) is 2.24. The van der Waals surface area contributed by atoms with Crippen LogP contribution in [0, 0.1) is 0 Å². The standard InChI is InChI=1S/C7H8N2OS/c1-8-9-4-6(10)7-5(9)2-3-11-7/h2-4,8,10H,1H3. The van der Waals surface area contributed by atoms with Crippen molar-refractivity contribution in [2.45, 2.75) is 0 Å². The van der Waals surface area contributed by atoms with Gasteiger partial charge < -0.3 is 10.5 Å². The molecule has 0 atom stereocenters. The van der Waals surface area contributed by atoms with Gasteiger partial charge in [-0.2, -0.15) is 0 Å². The Morgan fingerprint density at radius 2 is 2.45 bits per heavy atom. The number of rotatable bonds is 1. The zero-order valence-corrected chi connectivity index (χ0v) is 6.85. The molecule has 4 heteroatoms. The first-order valence-electron chi connectivity index (χ1n) is 3.28. The fourth-order valence-corrected chi connectivity index (χ4v) is 1.91. The number of thiophene rings is 1. The summed E-state index contributed by atoms with van der Waals surface area (Å²) in [6.07, 6.45) is 1.67. The van der Waals surface area contributed by atoms with Crippen LogP contribution in [-0.4, -0.2) is 16.8 Å². The van der Waals surface area contributed by atoms with E-state index in [4.69, 9.17) is 0 Å². The van der Waals surface area contributed by atoms with E-state index in [9.17, 15) is 5.11 Å². The quantitative estimate of drug-likeness (QED) is 0.678. The molecule has 2 aromatic rings. The topological polar surface area (TPSA) is 37.2 Å². The Morgan fingerprint density at radius 3 is 3.18 bits per heavy atom. The molecule has 0 aliphatic heterocycles. The summed E-state index contributed by atoms with van der Waals surface area (Å²) in [4.78, 5) is 0. The predicted molar refractivity (Wildman–Crippen MR) is 46.8 cm³/mol. The number of aromatic hydroxyl groups is 1. The number of hydrogen-bond donors (Lipinski definition) is 2. The molecule has 0 saturated carbocycles. The lowest BCUT2D eigenvalue weighted by Gasteiger charge is -1.98. The van der Waals surface area contributed by atoms with Crippen LogP contribution in [-0.2, 0) is 0 Å². The summed E-state index contributed by atoms with van der Waals surface area (Å²) in [6, 6.07) is 1.97. The van der Waals surface area contributed by atoms with E-state index < -0.39 is 0 Å². The van der Waals surface area contributed by atoms with Crippen LogP contribution in [0.3, 0.4) is 0 Å². The average Bonchev–Trinajstić information content (AvgIpc) is 2.54. The maximum Gasteiger partial charge on any atom is 0.153 e. The third-order valence-electron chi connectivity index (χ3n) is 1.63. The Kier molecular flexibility index (Phi) is 1.29. The van der Waals surface area contributed by atoms with Crippen LogP contribution < -0.4 is 5.43 Å². The molecule has 3 nitrogen and oxygen atoms in total. The molecule has 2 N–H and O–H groups in total. The highest BCUT2D eigenvalue weighted by Crippen LogP contribution is 2.30. The van der Waals surface area contributed by atoms with Crippen molar-refractivity contribution in [2.75, 3.05) is 12.5 Å². The first-order valence-corrected chi connectivity index (χ1v) is 4.16. The molecule has 0 fully saturated rings. The van der Waals surface area contributed by atoms with Crippen molar-refractivity contribution in [3.63, 3.8) is 0 Å². The molecule has 58 valence electrons. The van der Waals surface area contributed by atoms with Crippen LogP contribution in [0.1, 0.15) is 0 Å². The molecule has 2 rings (SSSR count). The second-order valence-corrected chi connectivity index (χ2v) is 3.16. The number of fused-ring (bicyclic) bond motifs is 1. The fourth-order valence-electron chi connectivity index (χ4n) is 1.12. The molecule has 2 heterocycles. The van der Waals surface area contributed by atoms with Crippen molar-refractivity contribution in [1.29, 1.82) is 0 Å². The summed E-state index contributed by atoms with van der Waals surface area (Å²) in [7, 11) is 1.82. The largest absolute Gasteiger partial charge is 0.505 e. The van der Waals surface area contributed by atoms with Gasteiger partial charge in [-0.05, 0) is 11.4 Å². The molecular formula is C7H8N2OS. The lowest BCUT2D eigenvalue weighted by Crippen LogP contribution is -2.05. The minimum Gasteiger partial charge on any atom is -0.505 e. The number of nitrogens with zero attached hydrogens (tertiary/aromatic N) is 1. The third-order valence-corrected chi connectivity index (χ3v) is 2.56. The maximum atomic E-state index is 9.36. The second kappa shape index (κ2) is 2.17. The van der Waals surface area contributed by atoms with Crippen LogP contribution in [0.2, 0.25) is 0 Å². The molecule has 0 aromatic carbocycles. The highest BCUT2D eigenvalue weighted by molar-refractivity contribution is 7.17. The predicted octanol–water partition coefficient (Wildman–Crippen LogP) is 1.58. The van der Waals surface area contributed by atoms with Gasteiger partial charge in [0.15, 0.2) is 5.75 Å². The van der Waals surface area contributed by atoms with Gasteiger partial charge in [-0.25, -0.2) is 0 Å². The Balaban J connectivity index is 2.80. The number of hydrogen-bond acceptors (Lipinski definition) is 3. The smallest absolute Gasteiger partial charge is 0.153 e. The van der Waals surface area contributed by atoms with Crippen LogP contribution in [0.5, 0.6) is 5.75 Å². The van der Waals surface area contributed by atoms with Crippen LogP contribution >= 0.6 is 11.3 Å². The first-order chi connectivity index (χ1) is 5.33. The average molecular weight is 168 g/mol. The Labute approximate surface area is 67.9 Å².